The summed E-state index contributed by atoms with van der Waals surface area (Å²) in [7, 11) is 3.37. The highest BCUT2D eigenvalue weighted by Gasteiger charge is 2.27. The van der Waals surface area contributed by atoms with Crippen LogP contribution in [0.1, 0.15) is 26.2 Å². The Hall–Kier alpha value is 0.230. The molecule has 0 spiro atoms. The molecule has 90 valence electrons. The van der Waals surface area contributed by atoms with Gasteiger partial charge in [-0.25, -0.2) is 0 Å². The summed E-state index contributed by atoms with van der Waals surface area (Å²) in [5.74, 6) is 1.21. The van der Waals surface area contributed by atoms with Gasteiger partial charge >= 0.3 is 0 Å². The van der Waals surface area contributed by atoms with Gasteiger partial charge in [0.15, 0.2) is 6.29 Å². The van der Waals surface area contributed by atoms with Crippen molar-refractivity contribution in [2.45, 2.75) is 43.8 Å². The van der Waals surface area contributed by atoms with E-state index in [1.54, 1.807) is 14.2 Å². The number of hydrogen-bond acceptors (Lipinski definition) is 4. The van der Waals surface area contributed by atoms with Gasteiger partial charge in [-0.1, -0.05) is 13.3 Å². The normalized spacial score (nSPS) is 26.4. The zero-order valence-corrected chi connectivity index (χ0v) is 10.8. The first-order chi connectivity index (χ1) is 7.31. The molecule has 4 heteroatoms. The van der Waals surface area contributed by atoms with E-state index >= 15 is 0 Å². The predicted molar refractivity (Wildman–Crippen MR) is 65.4 cm³/mol. The third-order valence-electron chi connectivity index (χ3n) is 2.91. The van der Waals surface area contributed by atoms with Crippen LogP contribution in [0.5, 0.6) is 0 Å². The smallest absolute Gasteiger partial charge is 0.169 e. The third kappa shape index (κ3) is 4.31. The van der Waals surface area contributed by atoms with E-state index in [1.807, 2.05) is 0 Å². The lowest BCUT2D eigenvalue weighted by Crippen LogP contribution is -2.40. The van der Waals surface area contributed by atoms with Gasteiger partial charge in [0.05, 0.1) is 0 Å². The first-order valence-corrected chi connectivity index (χ1v) is 6.77. The fourth-order valence-electron chi connectivity index (χ4n) is 2.08. The maximum Gasteiger partial charge on any atom is 0.169 e. The highest BCUT2D eigenvalue weighted by Crippen LogP contribution is 2.29. The van der Waals surface area contributed by atoms with Crippen LogP contribution in [0.15, 0.2) is 0 Å². The summed E-state index contributed by atoms with van der Waals surface area (Å²) in [6.45, 7) is 3.02. The molecule has 15 heavy (non-hydrogen) atoms. The molecule has 3 nitrogen and oxygen atoms in total. The molecule has 1 rings (SSSR count). The summed E-state index contributed by atoms with van der Waals surface area (Å²) in [5.41, 5.74) is 0. The van der Waals surface area contributed by atoms with Crippen molar-refractivity contribution in [3.63, 3.8) is 0 Å². The van der Waals surface area contributed by atoms with Crippen LogP contribution in [0.4, 0.5) is 0 Å². The van der Waals surface area contributed by atoms with Crippen LogP contribution < -0.4 is 5.32 Å². The Kier molecular flexibility index (Phi) is 6.64. The van der Waals surface area contributed by atoms with Crippen molar-refractivity contribution in [3.05, 3.63) is 0 Å². The van der Waals surface area contributed by atoms with Crippen LogP contribution in [0, 0.1) is 0 Å². The second-order valence-electron chi connectivity index (χ2n) is 3.84. The summed E-state index contributed by atoms with van der Waals surface area (Å²) < 4.78 is 10.3. The molecule has 1 aliphatic carbocycles. The maximum absolute atomic E-state index is 5.16. The topological polar surface area (TPSA) is 30.5 Å². The van der Waals surface area contributed by atoms with Crippen molar-refractivity contribution in [2.75, 3.05) is 26.5 Å². The second-order valence-corrected chi connectivity index (χ2v) is 5.36. The molecular weight excluding hydrogens is 210 g/mol. The lowest BCUT2D eigenvalue weighted by molar-refractivity contribution is -0.0997. The summed E-state index contributed by atoms with van der Waals surface area (Å²) in [5, 5.41) is 4.33. The van der Waals surface area contributed by atoms with Gasteiger partial charge in [-0.3, -0.25) is 0 Å². The second kappa shape index (κ2) is 7.49. The van der Waals surface area contributed by atoms with Gasteiger partial charge in [0, 0.05) is 32.1 Å². The van der Waals surface area contributed by atoms with Crippen molar-refractivity contribution in [1.29, 1.82) is 0 Å². The molecule has 1 fully saturated rings. The highest BCUT2D eigenvalue weighted by atomic mass is 32.2. The van der Waals surface area contributed by atoms with Crippen LogP contribution >= 0.6 is 11.8 Å². The van der Waals surface area contributed by atoms with Crippen molar-refractivity contribution in [1.82, 2.24) is 5.32 Å². The highest BCUT2D eigenvalue weighted by molar-refractivity contribution is 7.99. The Morgan fingerprint density at radius 1 is 1.33 bits per heavy atom. The Bertz CT molecular complexity index is 165. The number of hydrogen-bond donors (Lipinski definition) is 1. The van der Waals surface area contributed by atoms with E-state index in [4.69, 9.17) is 9.47 Å². The van der Waals surface area contributed by atoms with Gasteiger partial charge in [0.25, 0.3) is 0 Å². The first-order valence-electron chi connectivity index (χ1n) is 5.72. The third-order valence-corrected chi connectivity index (χ3v) is 4.23. The van der Waals surface area contributed by atoms with Crippen LogP contribution in [0.25, 0.3) is 0 Å². The molecule has 2 atom stereocenters. The summed E-state index contributed by atoms with van der Waals surface area (Å²) in [6.07, 6.45) is 3.87. The van der Waals surface area contributed by atoms with Gasteiger partial charge in [-0.15, -0.1) is 0 Å². The van der Waals surface area contributed by atoms with Gasteiger partial charge < -0.3 is 14.8 Å². The zero-order chi connectivity index (χ0) is 11.1. The average Bonchev–Trinajstić information content (AvgIpc) is 2.68. The van der Waals surface area contributed by atoms with Gasteiger partial charge in [0.1, 0.15) is 0 Å². The Labute approximate surface area is 97.3 Å². The van der Waals surface area contributed by atoms with E-state index in [-0.39, 0.29) is 6.29 Å². The number of methoxy groups -OCH3 is 2. The molecule has 0 saturated heterocycles. The standard InChI is InChI=1S/C11H23NO2S/c1-4-15-10-7-5-6-9(10)12-8-11(13-2)14-3/h9-12H,4-8H2,1-3H3/t9-,10-/m1/s1. The minimum atomic E-state index is -0.113. The van der Waals surface area contributed by atoms with Crippen molar-refractivity contribution < 1.29 is 9.47 Å². The maximum atomic E-state index is 5.16. The van der Waals surface area contributed by atoms with Crippen LogP contribution in [-0.4, -0.2) is 44.1 Å². The molecule has 0 unspecified atom stereocenters. The van der Waals surface area contributed by atoms with E-state index in [0.29, 0.717) is 6.04 Å². The molecule has 0 aliphatic heterocycles. The number of ether oxygens (including phenoxy) is 2. The van der Waals surface area contributed by atoms with Crippen molar-refractivity contribution >= 4 is 11.8 Å². The molecule has 0 amide bonds. The fraction of sp³-hybridized carbons (Fsp3) is 1.00. The Morgan fingerprint density at radius 3 is 2.67 bits per heavy atom. The predicted octanol–water partition coefficient (Wildman–Crippen LogP) is 1.87. The number of rotatable bonds is 7. The summed E-state index contributed by atoms with van der Waals surface area (Å²) >= 11 is 2.07. The first kappa shape index (κ1) is 13.3. The molecule has 1 aliphatic rings. The molecule has 0 aromatic heterocycles. The van der Waals surface area contributed by atoms with Crippen LogP contribution in [0.3, 0.4) is 0 Å². The minimum absolute atomic E-state index is 0.113. The summed E-state index contributed by atoms with van der Waals surface area (Å²) in [4.78, 5) is 0. The Balaban J connectivity index is 2.24. The zero-order valence-electron chi connectivity index (χ0n) is 9.99. The van der Waals surface area contributed by atoms with Crippen LogP contribution in [0.2, 0.25) is 0 Å². The molecule has 0 radical (unpaired) electrons. The number of nitrogens with one attached hydrogen (secondary N) is 1. The average molecular weight is 233 g/mol. The van der Waals surface area contributed by atoms with Gasteiger partial charge in [0.2, 0.25) is 0 Å². The lowest BCUT2D eigenvalue weighted by Gasteiger charge is -2.22. The fourth-order valence-corrected chi connectivity index (χ4v) is 3.31. The minimum Gasteiger partial charge on any atom is -0.355 e. The lowest BCUT2D eigenvalue weighted by atomic mass is 10.2. The Morgan fingerprint density at radius 2 is 2.07 bits per heavy atom. The van der Waals surface area contributed by atoms with E-state index in [0.717, 1.165) is 11.8 Å². The molecule has 0 aromatic carbocycles. The van der Waals surface area contributed by atoms with Crippen molar-refractivity contribution in [3.8, 4) is 0 Å². The molecule has 0 heterocycles. The molecule has 0 aromatic rings. The number of thioether (sulfide) groups is 1. The molecule has 0 bridgehead atoms. The van der Waals surface area contributed by atoms with E-state index < -0.39 is 0 Å². The largest absolute Gasteiger partial charge is 0.355 e. The van der Waals surface area contributed by atoms with E-state index in [1.165, 1.54) is 25.0 Å². The summed E-state index contributed by atoms with van der Waals surface area (Å²) in [6, 6.07) is 0.641. The van der Waals surface area contributed by atoms with Gasteiger partial charge in [-0.2, -0.15) is 11.8 Å². The van der Waals surface area contributed by atoms with Crippen molar-refractivity contribution in [2.24, 2.45) is 0 Å². The SMILES string of the molecule is CCS[C@@H]1CCC[C@H]1NCC(OC)OC. The quantitative estimate of drug-likeness (QED) is 0.680. The van der Waals surface area contributed by atoms with Crippen LogP contribution in [-0.2, 0) is 9.47 Å². The van der Waals surface area contributed by atoms with E-state index in [9.17, 15) is 0 Å². The molecule has 1 N–H and O–H groups in total. The van der Waals surface area contributed by atoms with E-state index in [2.05, 4.69) is 24.0 Å². The van der Waals surface area contributed by atoms with Gasteiger partial charge in [-0.05, 0) is 18.6 Å². The molecular formula is C11H23NO2S. The monoisotopic (exact) mass is 233 g/mol. The molecule has 1 saturated carbocycles.